The summed E-state index contributed by atoms with van der Waals surface area (Å²) in [5.41, 5.74) is -0.606. The van der Waals surface area contributed by atoms with E-state index in [-0.39, 0.29) is 129 Å². The van der Waals surface area contributed by atoms with Gasteiger partial charge in [-0.3, -0.25) is 28.8 Å². The van der Waals surface area contributed by atoms with Crippen molar-refractivity contribution in [3.63, 3.8) is 0 Å². The molecule has 0 bridgehead atoms. The number of amides is 6. The monoisotopic (exact) mass is 1330 g/mol. The zero-order valence-electron chi connectivity index (χ0n) is 52.1. The Bertz CT molecular complexity index is 4230. The molecule has 6 N–H and O–H groups in total. The number of benzene rings is 9. The third-order valence-electron chi connectivity index (χ3n) is 14.1. The Morgan fingerprint density at radius 1 is 0.289 bits per heavy atom. The number of carbonyl (C=O) groups is 10. The van der Waals surface area contributed by atoms with Gasteiger partial charge in [0.1, 0.15) is 22.9 Å². The fourth-order valence-corrected chi connectivity index (χ4v) is 9.77. The number of hydrogen-bond donors (Lipinski definition) is 6. The number of nitrogens with one attached hydrogen (secondary N) is 6. The molecule has 0 aliphatic heterocycles. The first-order valence-corrected chi connectivity index (χ1v) is 29.1. The van der Waals surface area contributed by atoms with Crippen molar-refractivity contribution < 1.29 is 76.4 Å². The minimum atomic E-state index is -0.847. The van der Waals surface area contributed by atoms with E-state index in [4.69, 9.17) is 40.0 Å². The van der Waals surface area contributed by atoms with Gasteiger partial charge >= 0.3 is 23.9 Å². The molecular weight excluding hydrogens is 1270 g/mol. The summed E-state index contributed by atoms with van der Waals surface area (Å²) in [7, 11) is 7.16. The summed E-state index contributed by atoms with van der Waals surface area (Å²) in [6.45, 7) is 0. The van der Waals surface area contributed by atoms with Crippen molar-refractivity contribution in [3.05, 3.63) is 249 Å². The van der Waals surface area contributed by atoms with E-state index in [0.717, 1.165) is 0 Å². The maximum Gasteiger partial charge on any atom is 0.339 e. The quantitative estimate of drug-likeness (QED) is 0.0209. The summed E-state index contributed by atoms with van der Waals surface area (Å²) in [6, 6.07) is 45.6. The van der Waals surface area contributed by atoms with Gasteiger partial charge < -0.3 is 60.3 Å². The van der Waals surface area contributed by atoms with Crippen molar-refractivity contribution >= 4 is 128 Å². The molecule has 0 spiro atoms. The summed E-state index contributed by atoms with van der Waals surface area (Å²) >= 11 is 6.58. The Morgan fingerprint density at radius 3 is 0.804 bits per heavy atom. The summed E-state index contributed by atoms with van der Waals surface area (Å²) in [5.74, 6) is -8.34. The Labute approximate surface area is 557 Å². The van der Waals surface area contributed by atoms with Gasteiger partial charge in [-0.05, 0) is 115 Å². The third kappa shape index (κ3) is 16.2. The molecule has 0 fully saturated rings. The fraction of sp³-hybridized carbons (Fsp3) is 0.0857. The maximum atomic E-state index is 14.2. The number of methoxy groups -OCH3 is 6. The van der Waals surface area contributed by atoms with Crippen LogP contribution in [0, 0.1) is 0 Å². The van der Waals surface area contributed by atoms with Crippen LogP contribution in [0.25, 0.3) is 0 Å². The van der Waals surface area contributed by atoms with Crippen LogP contribution in [0.3, 0.4) is 0 Å². The van der Waals surface area contributed by atoms with Gasteiger partial charge in [0.2, 0.25) is 0 Å². The van der Waals surface area contributed by atoms with Crippen LogP contribution in [-0.2, 0) is 18.9 Å². The molecule has 6 amide bonds. The molecule has 9 aromatic carbocycles. The molecule has 0 aliphatic carbocycles. The van der Waals surface area contributed by atoms with Crippen molar-refractivity contribution in [1.82, 2.24) is 0 Å². The predicted molar refractivity (Wildman–Crippen MR) is 358 cm³/mol. The number of esters is 4. The maximum absolute atomic E-state index is 14.2. The van der Waals surface area contributed by atoms with Crippen LogP contribution in [0.1, 0.15) is 104 Å². The number of rotatable bonds is 22. The number of ether oxygens (including phenoxy) is 6. The van der Waals surface area contributed by atoms with Crippen LogP contribution in [0.2, 0.25) is 5.02 Å². The second-order valence-corrected chi connectivity index (χ2v) is 20.6. The molecule has 0 saturated heterocycles. The standard InChI is InChI=1S/C70H55ClN10O16/c1-92-59-47(63(84)72-51-23-11-7-19-43(51)67(88)94-3)34-41(35-48(59)64(85)73-52-24-12-8-20-44(52)68(89)95-4)78-80-57-29-17-15-27-55(57)76-61(82)38-31-39(33-40(71)32-38)62(83)77-56-28-16-18-30-58(56)81-79-42-36-49(65(86)74-53-25-13-9-21-45(53)69(90)96-5)60(93-2)50(37-42)66(87)75-54-26-14-10-22-46(54)70(91)97-6/h7-37H,1-6H3,(H,72,84)(H,73,85)(H,74,86)(H,75,87)(H,76,82)(H,77,83). The molecule has 27 heteroatoms. The zero-order chi connectivity index (χ0) is 69.3. The Hall–Kier alpha value is -13.2. The van der Waals surface area contributed by atoms with E-state index in [1.807, 2.05) is 0 Å². The molecule has 0 aromatic heterocycles. The summed E-state index contributed by atoms with van der Waals surface area (Å²) in [6.07, 6.45) is 0. The van der Waals surface area contributed by atoms with Gasteiger partial charge in [-0.1, -0.05) is 84.4 Å². The van der Waals surface area contributed by atoms with Gasteiger partial charge in [0, 0.05) is 16.1 Å². The lowest BCUT2D eigenvalue weighted by molar-refractivity contribution is 0.0592. The molecule has 26 nitrogen and oxygen atoms in total. The molecule has 9 rings (SSSR count). The van der Waals surface area contributed by atoms with E-state index >= 15 is 0 Å². The van der Waals surface area contributed by atoms with E-state index in [2.05, 4.69) is 52.4 Å². The number of halogens is 1. The minimum Gasteiger partial charge on any atom is -0.495 e. The number of nitrogens with zero attached hydrogens (tertiary/aromatic N) is 4. The molecule has 0 unspecified atom stereocenters. The molecule has 97 heavy (non-hydrogen) atoms. The molecule has 0 saturated carbocycles. The van der Waals surface area contributed by atoms with Gasteiger partial charge in [0.15, 0.2) is 0 Å². The number of hydrogen-bond acceptors (Lipinski definition) is 20. The van der Waals surface area contributed by atoms with Crippen LogP contribution < -0.4 is 41.4 Å². The van der Waals surface area contributed by atoms with Crippen LogP contribution in [-0.4, -0.2) is 102 Å². The highest BCUT2D eigenvalue weighted by molar-refractivity contribution is 6.31. The summed E-state index contributed by atoms with van der Waals surface area (Å²) in [5, 5.41) is 33.7. The van der Waals surface area contributed by atoms with E-state index in [0.29, 0.717) is 0 Å². The lowest BCUT2D eigenvalue weighted by Gasteiger charge is -2.16. The largest absolute Gasteiger partial charge is 0.495 e. The van der Waals surface area contributed by atoms with Crippen LogP contribution >= 0.6 is 11.6 Å². The second kappa shape index (κ2) is 31.4. The van der Waals surface area contributed by atoms with Crippen molar-refractivity contribution in [1.29, 1.82) is 0 Å². The van der Waals surface area contributed by atoms with Crippen molar-refractivity contribution in [2.45, 2.75) is 0 Å². The molecule has 0 atom stereocenters. The first-order valence-electron chi connectivity index (χ1n) is 28.7. The first-order chi connectivity index (χ1) is 46.9. The smallest absolute Gasteiger partial charge is 0.339 e. The average molecular weight is 1330 g/mol. The lowest BCUT2D eigenvalue weighted by Crippen LogP contribution is -2.20. The summed E-state index contributed by atoms with van der Waals surface area (Å²) in [4.78, 5) is 136. The molecule has 488 valence electrons. The van der Waals surface area contributed by atoms with Crippen LogP contribution in [0.5, 0.6) is 11.5 Å². The normalized spacial score (nSPS) is 10.8. The number of azo groups is 2. The molecule has 9 aromatic rings. The van der Waals surface area contributed by atoms with E-state index in [1.54, 1.807) is 72.8 Å². The zero-order valence-corrected chi connectivity index (χ0v) is 52.9. The highest BCUT2D eigenvalue weighted by Crippen LogP contribution is 2.37. The van der Waals surface area contributed by atoms with Gasteiger partial charge in [0.25, 0.3) is 35.4 Å². The van der Waals surface area contributed by atoms with Crippen molar-refractivity contribution in [2.24, 2.45) is 20.5 Å². The molecule has 0 aliphatic rings. The fourth-order valence-electron chi connectivity index (χ4n) is 9.53. The number of para-hydroxylation sites is 6. The molecule has 0 radical (unpaired) electrons. The van der Waals surface area contributed by atoms with Crippen LogP contribution in [0.15, 0.2) is 209 Å². The topological polar surface area (TPSA) is 348 Å². The average Bonchev–Trinajstić information content (AvgIpc) is 0.811. The first kappa shape index (κ1) is 68.1. The van der Waals surface area contributed by atoms with Crippen molar-refractivity contribution in [2.75, 3.05) is 74.6 Å². The lowest BCUT2D eigenvalue weighted by atomic mass is 10.0. The number of carbonyl (C=O) groups excluding carboxylic acids is 10. The number of anilines is 6. The van der Waals surface area contributed by atoms with Crippen LogP contribution in [0.4, 0.5) is 56.9 Å². The predicted octanol–water partition coefficient (Wildman–Crippen LogP) is 13.8. The Kier molecular flexibility index (Phi) is 22.1. The van der Waals surface area contributed by atoms with Gasteiger partial charge in [-0.25, -0.2) is 19.2 Å². The van der Waals surface area contributed by atoms with Gasteiger partial charge in [-0.15, -0.1) is 10.2 Å². The molecular formula is C70H55ClN10O16. The van der Waals surface area contributed by atoms with Gasteiger partial charge in [0.05, 0.1) is 133 Å². The SMILES string of the molecule is COC(=O)c1ccccc1NC(=O)c1cc(N=Nc2ccccc2NC(=O)c2cc(Cl)cc(C(=O)Nc3ccccc3N=Nc3cc(C(=O)Nc4ccccc4C(=O)OC)c(OC)c(C(=O)Nc4ccccc4C(=O)OC)c3)c2)cc(C(=O)Nc2ccccc2C(=O)OC)c1OC. The highest BCUT2D eigenvalue weighted by Gasteiger charge is 2.28. The van der Waals surface area contributed by atoms with E-state index in [9.17, 15) is 47.9 Å². The Balaban J connectivity index is 0.985. The van der Waals surface area contributed by atoms with E-state index < -0.39 is 59.3 Å². The third-order valence-corrected chi connectivity index (χ3v) is 14.3. The second-order valence-electron chi connectivity index (χ2n) is 20.2. The highest BCUT2D eigenvalue weighted by atomic mass is 35.5. The van der Waals surface area contributed by atoms with E-state index in [1.165, 1.54) is 158 Å². The van der Waals surface area contributed by atoms with Crippen molar-refractivity contribution in [3.8, 4) is 11.5 Å². The van der Waals surface area contributed by atoms with Gasteiger partial charge in [-0.2, -0.15) is 10.2 Å². The summed E-state index contributed by atoms with van der Waals surface area (Å²) < 4.78 is 30.9. The minimum absolute atomic E-state index is 0.0118. The Morgan fingerprint density at radius 2 is 0.536 bits per heavy atom. The molecule has 0 heterocycles.